The fraction of sp³-hybridized carbons (Fsp3) is 0.680. The second kappa shape index (κ2) is 8.73. The second-order valence-corrected chi connectivity index (χ2v) is 9.46. The van der Waals surface area contributed by atoms with E-state index in [9.17, 15) is 13.2 Å². The maximum absolute atomic E-state index is 12.4. The summed E-state index contributed by atoms with van der Waals surface area (Å²) in [6, 6.07) is 6.61. The first-order valence-corrected chi connectivity index (χ1v) is 11.4. The zero-order chi connectivity index (χ0) is 20.4. The lowest BCUT2D eigenvalue weighted by atomic mass is 9.55. The minimum atomic E-state index is -4.62. The van der Waals surface area contributed by atoms with Gasteiger partial charge in [0, 0.05) is 0 Å². The largest absolute Gasteiger partial charge is 0.573 e. The number of rotatable bonds is 4. The Morgan fingerprint density at radius 1 is 0.897 bits per heavy atom. The second-order valence-electron chi connectivity index (χ2n) is 9.46. The van der Waals surface area contributed by atoms with E-state index in [0.29, 0.717) is 5.92 Å². The van der Waals surface area contributed by atoms with Gasteiger partial charge in [-0.1, -0.05) is 31.2 Å². The van der Waals surface area contributed by atoms with Crippen molar-refractivity contribution in [3.05, 3.63) is 42.0 Å². The molecule has 160 valence electrons. The summed E-state index contributed by atoms with van der Waals surface area (Å²) >= 11 is 0. The number of hydrogen-bond donors (Lipinski definition) is 0. The van der Waals surface area contributed by atoms with Crippen molar-refractivity contribution in [2.24, 2.45) is 29.6 Å². The summed E-state index contributed by atoms with van der Waals surface area (Å²) in [5.74, 6) is 4.63. The molecule has 0 amide bonds. The van der Waals surface area contributed by atoms with Crippen LogP contribution in [0.3, 0.4) is 0 Å². The van der Waals surface area contributed by atoms with Crippen molar-refractivity contribution in [1.82, 2.24) is 0 Å². The average molecular weight is 407 g/mol. The third kappa shape index (κ3) is 5.00. The van der Waals surface area contributed by atoms with Crippen LogP contribution in [-0.2, 0) is 0 Å². The quantitative estimate of drug-likeness (QED) is 0.462. The molecule has 4 rings (SSSR count). The Morgan fingerprint density at radius 3 is 2.21 bits per heavy atom. The molecule has 29 heavy (non-hydrogen) atoms. The average Bonchev–Trinajstić information content (AvgIpc) is 2.71. The van der Waals surface area contributed by atoms with Gasteiger partial charge in [-0.3, -0.25) is 0 Å². The number of hydrogen-bond acceptors (Lipinski definition) is 1. The molecule has 3 aliphatic rings. The molecule has 6 atom stereocenters. The molecule has 3 fully saturated rings. The maximum atomic E-state index is 12.4. The minimum Gasteiger partial charge on any atom is -0.406 e. The summed E-state index contributed by atoms with van der Waals surface area (Å²) in [5.41, 5.74) is 1.17. The van der Waals surface area contributed by atoms with Crippen LogP contribution in [0.25, 0.3) is 0 Å². The number of ether oxygens (including phenoxy) is 1. The molecule has 0 radical (unpaired) electrons. The molecule has 0 bridgehead atoms. The predicted molar refractivity (Wildman–Crippen MR) is 110 cm³/mol. The lowest BCUT2D eigenvalue weighted by Gasteiger charge is -2.50. The molecular formula is C25H33F3O. The highest BCUT2D eigenvalue weighted by Crippen LogP contribution is 2.54. The molecule has 4 heteroatoms. The lowest BCUT2D eigenvalue weighted by molar-refractivity contribution is -0.274. The van der Waals surface area contributed by atoms with Crippen LogP contribution < -0.4 is 4.74 Å². The Balaban J connectivity index is 1.35. The fourth-order valence-corrected chi connectivity index (χ4v) is 6.58. The minimum absolute atomic E-state index is 0.121. The van der Waals surface area contributed by atoms with Gasteiger partial charge in [-0.15, -0.1) is 13.2 Å². The van der Waals surface area contributed by atoms with E-state index in [1.165, 1.54) is 69.1 Å². The Bertz CT molecular complexity index is 693. The molecule has 0 spiro atoms. The highest BCUT2D eigenvalue weighted by Gasteiger charge is 2.44. The fourth-order valence-electron chi connectivity index (χ4n) is 6.58. The van der Waals surface area contributed by atoms with Gasteiger partial charge >= 0.3 is 6.36 Å². The third-order valence-corrected chi connectivity index (χ3v) is 7.81. The van der Waals surface area contributed by atoms with Crippen LogP contribution in [0.4, 0.5) is 13.2 Å². The smallest absolute Gasteiger partial charge is 0.406 e. The lowest BCUT2D eigenvalue weighted by Crippen LogP contribution is -2.41. The van der Waals surface area contributed by atoms with E-state index >= 15 is 0 Å². The Morgan fingerprint density at radius 2 is 1.55 bits per heavy atom. The highest BCUT2D eigenvalue weighted by molar-refractivity contribution is 5.30. The summed E-state index contributed by atoms with van der Waals surface area (Å²) in [5, 5.41) is 0. The summed E-state index contributed by atoms with van der Waals surface area (Å²) in [6.07, 6.45) is 11.8. The van der Waals surface area contributed by atoms with Crippen molar-refractivity contribution in [3.63, 3.8) is 0 Å². The molecule has 0 saturated heterocycles. The number of benzene rings is 1. The first-order valence-electron chi connectivity index (χ1n) is 11.4. The number of fused-ring (bicyclic) bond motifs is 3. The molecule has 0 aromatic heterocycles. The van der Waals surface area contributed by atoms with Crippen LogP contribution in [0.5, 0.6) is 5.75 Å². The third-order valence-electron chi connectivity index (χ3n) is 7.81. The van der Waals surface area contributed by atoms with E-state index in [-0.39, 0.29) is 5.75 Å². The molecule has 0 N–H and O–H groups in total. The summed E-state index contributed by atoms with van der Waals surface area (Å²) < 4.78 is 41.1. The number of alkyl halides is 3. The first-order chi connectivity index (χ1) is 13.9. The van der Waals surface area contributed by atoms with Crippen LogP contribution >= 0.6 is 0 Å². The Kier molecular flexibility index (Phi) is 6.27. The van der Waals surface area contributed by atoms with Gasteiger partial charge in [0.05, 0.1) is 0 Å². The van der Waals surface area contributed by atoms with Gasteiger partial charge in [-0.25, -0.2) is 0 Å². The zero-order valence-electron chi connectivity index (χ0n) is 17.3. The highest BCUT2D eigenvalue weighted by atomic mass is 19.4. The van der Waals surface area contributed by atoms with Crippen LogP contribution in [-0.4, -0.2) is 6.36 Å². The molecule has 3 aliphatic carbocycles. The van der Waals surface area contributed by atoms with Gasteiger partial charge in [0.25, 0.3) is 0 Å². The van der Waals surface area contributed by atoms with Gasteiger partial charge in [0.15, 0.2) is 0 Å². The van der Waals surface area contributed by atoms with E-state index in [1.54, 1.807) is 0 Å². The zero-order valence-corrected chi connectivity index (χ0v) is 17.3. The van der Waals surface area contributed by atoms with Crippen molar-refractivity contribution in [2.75, 3.05) is 0 Å². The molecule has 0 heterocycles. The van der Waals surface area contributed by atoms with E-state index in [0.717, 1.165) is 36.0 Å². The molecule has 3 saturated carbocycles. The van der Waals surface area contributed by atoms with Crippen LogP contribution in [0, 0.1) is 29.6 Å². The maximum Gasteiger partial charge on any atom is 0.573 e. The molecule has 6 unspecified atom stereocenters. The summed E-state index contributed by atoms with van der Waals surface area (Å²) in [6.45, 7) is 2.21. The van der Waals surface area contributed by atoms with Gasteiger partial charge in [0.1, 0.15) is 5.75 Å². The predicted octanol–water partition coefficient (Wildman–Crippen LogP) is 7.88. The standard InChI is InChI=1S/C25H33F3O/c1-2-3-4-17-5-13-23-20(15-17)6-7-21-16-19(10-14-24(21)23)18-8-11-22(12-9-18)29-25(26,27)28/h3-4,8-9,11-12,17,19-21,23-24H,2,5-7,10,13-16H2,1H3/b4-3+. The first kappa shape index (κ1) is 20.8. The van der Waals surface area contributed by atoms with E-state index in [2.05, 4.69) is 23.8 Å². The molecule has 1 aromatic carbocycles. The monoisotopic (exact) mass is 406 g/mol. The van der Waals surface area contributed by atoms with Crippen molar-refractivity contribution in [2.45, 2.75) is 77.0 Å². The summed E-state index contributed by atoms with van der Waals surface area (Å²) in [4.78, 5) is 0. The Labute approximate surface area is 172 Å². The number of halogens is 3. The molecule has 1 nitrogen and oxygen atoms in total. The van der Waals surface area contributed by atoms with Crippen molar-refractivity contribution < 1.29 is 17.9 Å². The normalized spacial score (nSPS) is 35.2. The number of allylic oxidation sites excluding steroid dienone is 2. The van der Waals surface area contributed by atoms with Crippen LogP contribution in [0.2, 0.25) is 0 Å². The van der Waals surface area contributed by atoms with Gasteiger partial charge in [-0.05, 0) is 111 Å². The van der Waals surface area contributed by atoms with Crippen molar-refractivity contribution >= 4 is 0 Å². The van der Waals surface area contributed by atoms with Crippen molar-refractivity contribution in [1.29, 1.82) is 0 Å². The Hall–Kier alpha value is -1.45. The van der Waals surface area contributed by atoms with E-state index in [4.69, 9.17) is 0 Å². The molecular weight excluding hydrogens is 373 g/mol. The molecule has 0 aliphatic heterocycles. The van der Waals surface area contributed by atoms with E-state index < -0.39 is 6.36 Å². The summed E-state index contributed by atoms with van der Waals surface area (Å²) in [7, 11) is 0. The van der Waals surface area contributed by atoms with Gasteiger partial charge in [0.2, 0.25) is 0 Å². The molecule has 1 aromatic rings. The topological polar surface area (TPSA) is 9.23 Å². The van der Waals surface area contributed by atoms with Crippen molar-refractivity contribution in [3.8, 4) is 5.75 Å². The van der Waals surface area contributed by atoms with Gasteiger partial charge in [-0.2, -0.15) is 0 Å². The van der Waals surface area contributed by atoms with E-state index in [1.807, 2.05) is 12.1 Å². The van der Waals surface area contributed by atoms with Crippen LogP contribution in [0.15, 0.2) is 36.4 Å². The van der Waals surface area contributed by atoms with Gasteiger partial charge < -0.3 is 4.74 Å². The SMILES string of the molecule is CC/C=C/C1CCC2C(CCC3CC(c4ccc(OC(F)(F)F)cc4)CCC32)C1. The van der Waals surface area contributed by atoms with Crippen LogP contribution in [0.1, 0.15) is 76.2 Å².